The van der Waals surface area contributed by atoms with Crippen LogP contribution in [0.4, 0.5) is 4.39 Å². The van der Waals surface area contributed by atoms with Gasteiger partial charge in [-0.25, -0.2) is 4.39 Å². The first-order valence-electron chi connectivity index (χ1n) is 5.73. The van der Waals surface area contributed by atoms with Gasteiger partial charge in [0.1, 0.15) is 5.82 Å². The van der Waals surface area contributed by atoms with Gasteiger partial charge in [0, 0.05) is 11.2 Å². The van der Waals surface area contributed by atoms with Crippen LogP contribution in [0, 0.1) is 5.82 Å². The molecule has 0 saturated heterocycles. The van der Waals surface area contributed by atoms with E-state index in [-0.39, 0.29) is 11.9 Å². The molecule has 1 aromatic carbocycles. The Morgan fingerprint density at radius 2 is 2.17 bits per heavy atom. The van der Waals surface area contributed by atoms with Gasteiger partial charge in [-0.2, -0.15) is 0 Å². The second-order valence-electron chi connectivity index (χ2n) is 4.04. The van der Waals surface area contributed by atoms with E-state index in [1.54, 1.807) is 12.3 Å². The lowest BCUT2D eigenvalue weighted by Crippen LogP contribution is -2.20. The molecule has 0 aliphatic carbocycles. The molecule has 0 aliphatic heterocycles. The van der Waals surface area contributed by atoms with E-state index < -0.39 is 0 Å². The molecule has 0 amide bonds. The molecule has 1 atom stereocenters. The Hall–Kier alpha value is -1.45. The minimum atomic E-state index is -0.273. The average molecular weight is 265 g/mol. The Bertz CT molecular complexity index is 516. The predicted molar refractivity (Wildman–Crippen MR) is 71.2 cm³/mol. The lowest BCUT2D eigenvalue weighted by atomic mass is 10.0. The zero-order valence-electron chi connectivity index (χ0n) is 10.0. The second-order valence-corrected chi connectivity index (χ2v) is 4.44. The molecule has 0 aliphatic rings. The van der Waals surface area contributed by atoms with Gasteiger partial charge in [0.25, 0.3) is 0 Å². The van der Waals surface area contributed by atoms with Gasteiger partial charge in [0.15, 0.2) is 0 Å². The molecule has 0 spiro atoms. The minimum absolute atomic E-state index is 0.0190. The fourth-order valence-electron chi connectivity index (χ4n) is 1.86. The number of likely N-dealkylation sites (N-methyl/N-ethyl adjacent to an activating group) is 1. The highest BCUT2D eigenvalue weighted by molar-refractivity contribution is 6.31. The number of benzene rings is 1. The summed E-state index contributed by atoms with van der Waals surface area (Å²) in [6.45, 7) is 0. The van der Waals surface area contributed by atoms with Gasteiger partial charge in [0.2, 0.25) is 0 Å². The summed E-state index contributed by atoms with van der Waals surface area (Å²) in [7, 11) is 1.85. The van der Waals surface area contributed by atoms with Crippen molar-refractivity contribution in [2.45, 2.75) is 12.5 Å². The molecule has 2 aromatic rings. The average Bonchev–Trinajstić information content (AvgIpc) is 2.41. The smallest absolute Gasteiger partial charge is 0.123 e. The van der Waals surface area contributed by atoms with E-state index in [0.717, 1.165) is 11.3 Å². The van der Waals surface area contributed by atoms with Crippen LogP contribution in [-0.4, -0.2) is 12.0 Å². The molecule has 1 unspecified atom stereocenters. The molecule has 4 heteroatoms. The molecular formula is C14H14ClFN2. The summed E-state index contributed by atoms with van der Waals surface area (Å²) in [5.74, 6) is -0.273. The number of nitrogens with one attached hydrogen (secondary N) is 1. The number of hydrogen-bond donors (Lipinski definition) is 1. The SMILES string of the molecule is CNC(Cc1cc(F)ccc1Cl)c1ccccn1. The van der Waals surface area contributed by atoms with Crippen molar-refractivity contribution in [2.24, 2.45) is 0 Å². The zero-order chi connectivity index (χ0) is 13.0. The third kappa shape index (κ3) is 3.06. The molecule has 2 nitrogen and oxygen atoms in total. The van der Waals surface area contributed by atoms with Crippen LogP contribution < -0.4 is 5.32 Å². The summed E-state index contributed by atoms with van der Waals surface area (Å²) in [5.41, 5.74) is 1.70. The molecular weight excluding hydrogens is 251 g/mol. The molecule has 1 heterocycles. The molecule has 0 bridgehead atoms. The van der Waals surface area contributed by atoms with Gasteiger partial charge in [-0.05, 0) is 49.4 Å². The third-order valence-corrected chi connectivity index (χ3v) is 3.19. The Balaban J connectivity index is 2.23. The number of aromatic nitrogens is 1. The quantitative estimate of drug-likeness (QED) is 0.916. The van der Waals surface area contributed by atoms with E-state index in [9.17, 15) is 4.39 Å². The van der Waals surface area contributed by atoms with Crippen LogP contribution in [0.3, 0.4) is 0 Å². The van der Waals surface area contributed by atoms with Crippen molar-refractivity contribution in [2.75, 3.05) is 7.05 Å². The Labute approximate surface area is 111 Å². The number of rotatable bonds is 4. The summed E-state index contributed by atoms with van der Waals surface area (Å²) in [4.78, 5) is 4.30. The van der Waals surface area contributed by atoms with Crippen LogP contribution in [0.5, 0.6) is 0 Å². The van der Waals surface area contributed by atoms with Gasteiger partial charge < -0.3 is 5.32 Å². The largest absolute Gasteiger partial charge is 0.311 e. The van der Waals surface area contributed by atoms with E-state index in [1.807, 2.05) is 25.2 Å². The van der Waals surface area contributed by atoms with Gasteiger partial charge in [-0.15, -0.1) is 0 Å². The van der Waals surface area contributed by atoms with Crippen molar-refractivity contribution in [1.82, 2.24) is 10.3 Å². The maximum atomic E-state index is 13.2. The number of halogens is 2. The first-order chi connectivity index (χ1) is 8.70. The van der Waals surface area contributed by atoms with Crippen molar-refractivity contribution in [3.8, 4) is 0 Å². The standard InChI is InChI=1S/C14H14ClFN2/c1-17-14(13-4-2-3-7-18-13)9-10-8-11(16)5-6-12(10)15/h2-8,14,17H,9H2,1H3. The first-order valence-corrected chi connectivity index (χ1v) is 6.10. The number of hydrogen-bond acceptors (Lipinski definition) is 2. The Kier molecular flexibility index (Phi) is 4.28. The van der Waals surface area contributed by atoms with E-state index in [2.05, 4.69) is 10.3 Å². The maximum absolute atomic E-state index is 13.2. The molecule has 1 aromatic heterocycles. The highest BCUT2D eigenvalue weighted by Gasteiger charge is 2.13. The molecule has 0 fully saturated rings. The van der Waals surface area contributed by atoms with Crippen molar-refractivity contribution < 1.29 is 4.39 Å². The lowest BCUT2D eigenvalue weighted by molar-refractivity contribution is 0.570. The van der Waals surface area contributed by atoms with Crippen molar-refractivity contribution in [1.29, 1.82) is 0 Å². The van der Waals surface area contributed by atoms with Gasteiger partial charge in [-0.3, -0.25) is 4.98 Å². The topological polar surface area (TPSA) is 24.9 Å². The monoisotopic (exact) mass is 264 g/mol. The van der Waals surface area contributed by atoms with Crippen LogP contribution in [-0.2, 0) is 6.42 Å². The molecule has 0 radical (unpaired) electrons. The number of nitrogens with zero attached hydrogens (tertiary/aromatic N) is 1. The summed E-state index contributed by atoms with van der Waals surface area (Å²) in [6, 6.07) is 10.2. The molecule has 0 saturated carbocycles. The van der Waals surface area contributed by atoms with Gasteiger partial charge in [0.05, 0.1) is 11.7 Å². The normalized spacial score (nSPS) is 12.4. The third-order valence-electron chi connectivity index (χ3n) is 2.83. The summed E-state index contributed by atoms with van der Waals surface area (Å²) in [5, 5.41) is 3.75. The van der Waals surface area contributed by atoms with E-state index in [1.165, 1.54) is 12.1 Å². The van der Waals surface area contributed by atoms with Crippen LogP contribution in [0.2, 0.25) is 5.02 Å². The second kappa shape index (κ2) is 5.94. The molecule has 94 valence electrons. The Morgan fingerprint density at radius 1 is 1.33 bits per heavy atom. The summed E-state index contributed by atoms with van der Waals surface area (Å²) in [6.07, 6.45) is 2.34. The van der Waals surface area contributed by atoms with Crippen LogP contribution in [0.1, 0.15) is 17.3 Å². The maximum Gasteiger partial charge on any atom is 0.123 e. The highest BCUT2D eigenvalue weighted by atomic mass is 35.5. The van der Waals surface area contributed by atoms with E-state index >= 15 is 0 Å². The van der Waals surface area contributed by atoms with Crippen molar-refractivity contribution in [3.05, 3.63) is 64.7 Å². The minimum Gasteiger partial charge on any atom is -0.311 e. The van der Waals surface area contributed by atoms with Crippen LogP contribution in [0.25, 0.3) is 0 Å². The van der Waals surface area contributed by atoms with Crippen LogP contribution >= 0.6 is 11.6 Å². The fourth-order valence-corrected chi connectivity index (χ4v) is 2.05. The van der Waals surface area contributed by atoms with Crippen LogP contribution in [0.15, 0.2) is 42.6 Å². The van der Waals surface area contributed by atoms with Crippen molar-refractivity contribution >= 4 is 11.6 Å². The molecule has 18 heavy (non-hydrogen) atoms. The van der Waals surface area contributed by atoms with Crippen molar-refractivity contribution in [3.63, 3.8) is 0 Å². The summed E-state index contributed by atoms with van der Waals surface area (Å²) >= 11 is 6.07. The lowest BCUT2D eigenvalue weighted by Gasteiger charge is -2.16. The number of pyridine rings is 1. The fraction of sp³-hybridized carbons (Fsp3) is 0.214. The summed E-state index contributed by atoms with van der Waals surface area (Å²) < 4.78 is 13.2. The molecule has 2 rings (SSSR count). The molecule has 1 N–H and O–H groups in total. The highest BCUT2D eigenvalue weighted by Crippen LogP contribution is 2.23. The van der Waals surface area contributed by atoms with E-state index in [4.69, 9.17) is 11.6 Å². The van der Waals surface area contributed by atoms with E-state index in [0.29, 0.717) is 11.4 Å². The van der Waals surface area contributed by atoms with Gasteiger partial charge >= 0.3 is 0 Å². The Morgan fingerprint density at radius 3 is 2.83 bits per heavy atom. The zero-order valence-corrected chi connectivity index (χ0v) is 10.8. The van der Waals surface area contributed by atoms with Gasteiger partial charge in [-0.1, -0.05) is 17.7 Å². The first kappa shape index (κ1) is 13.0. The predicted octanol–water partition coefficient (Wildman–Crippen LogP) is 3.38.